The van der Waals surface area contributed by atoms with E-state index in [9.17, 15) is 0 Å². The van der Waals surface area contributed by atoms with Crippen molar-refractivity contribution in [3.05, 3.63) is 28.2 Å². The molecule has 84 valence electrons. The van der Waals surface area contributed by atoms with E-state index in [2.05, 4.69) is 9.88 Å². The van der Waals surface area contributed by atoms with Gasteiger partial charge in [0.1, 0.15) is 0 Å². The number of diazo groups is 1. The maximum atomic E-state index is 8.66. The summed E-state index contributed by atoms with van der Waals surface area (Å²) >= 11 is 6.18. The molecule has 0 atom stereocenters. The van der Waals surface area contributed by atoms with Crippen LogP contribution in [0.15, 0.2) is 18.2 Å². The van der Waals surface area contributed by atoms with Crippen LogP contribution in [0.5, 0.6) is 0 Å². The summed E-state index contributed by atoms with van der Waals surface area (Å²) in [5, 5.41) is 9.33. The zero-order valence-electron chi connectivity index (χ0n) is 9.19. The van der Waals surface area contributed by atoms with Crippen LogP contribution < -0.4 is 4.90 Å². The monoisotopic (exact) mass is 236 g/mol. The molecule has 0 aromatic heterocycles. The number of rotatable bonds is 1. The summed E-state index contributed by atoms with van der Waals surface area (Å²) in [6.07, 6.45) is 5.06. The highest BCUT2D eigenvalue weighted by Crippen LogP contribution is 2.31. The largest absolute Gasteiger partial charge is 0.386 e. The molecule has 1 aliphatic heterocycles. The van der Waals surface area contributed by atoms with Gasteiger partial charge in [-0.3, -0.25) is 0 Å². The number of hydrogen-bond donors (Lipinski definition) is 0. The van der Waals surface area contributed by atoms with E-state index >= 15 is 0 Å². The molecule has 0 radical (unpaired) electrons. The van der Waals surface area contributed by atoms with Gasteiger partial charge in [-0.2, -0.15) is 0 Å². The van der Waals surface area contributed by atoms with Crippen LogP contribution in [0.4, 0.5) is 11.4 Å². The smallest absolute Gasteiger partial charge is 0.370 e. The van der Waals surface area contributed by atoms with Gasteiger partial charge >= 0.3 is 5.69 Å². The molecule has 0 spiro atoms. The summed E-state index contributed by atoms with van der Waals surface area (Å²) in [4.78, 5) is 5.45. The van der Waals surface area contributed by atoms with Gasteiger partial charge in [0.2, 0.25) is 5.39 Å². The number of halogens is 1. The predicted molar refractivity (Wildman–Crippen MR) is 66.9 cm³/mol. The van der Waals surface area contributed by atoms with Gasteiger partial charge in [-0.05, 0) is 18.9 Å². The molecule has 1 fully saturated rings. The Morgan fingerprint density at radius 1 is 1.12 bits per heavy atom. The first-order chi connectivity index (χ1) is 7.81. The lowest BCUT2D eigenvalue weighted by atomic mass is 10.2. The van der Waals surface area contributed by atoms with Crippen molar-refractivity contribution in [1.29, 1.82) is 5.39 Å². The average molecular weight is 237 g/mol. The van der Waals surface area contributed by atoms with E-state index in [1.807, 2.05) is 6.07 Å². The quantitative estimate of drug-likeness (QED) is 0.684. The number of hydrogen-bond acceptors (Lipinski definition) is 2. The van der Waals surface area contributed by atoms with Gasteiger partial charge < -0.3 is 4.90 Å². The fraction of sp³-hybridized carbons (Fsp3) is 0.500. The normalized spacial score (nSPS) is 16.6. The second kappa shape index (κ2) is 5.18. The zero-order valence-corrected chi connectivity index (χ0v) is 9.95. The molecule has 1 heterocycles. The van der Waals surface area contributed by atoms with E-state index in [1.165, 1.54) is 25.7 Å². The van der Waals surface area contributed by atoms with Crippen molar-refractivity contribution >= 4 is 23.0 Å². The molecule has 0 bridgehead atoms. The highest BCUT2D eigenvalue weighted by Gasteiger charge is 2.15. The van der Waals surface area contributed by atoms with Crippen LogP contribution >= 0.6 is 11.6 Å². The lowest BCUT2D eigenvalue weighted by molar-refractivity contribution is 0.726. The third kappa shape index (κ3) is 2.45. The van der Waals surface area contributed by atoms with Crippen molar-refractivity contribution in [1.82, 2.24) is 0 Å². The fourth-order valence-electron chi connectivity index (χ4n) is 2.13. The summed E-state index contributed by atoms with van der Waals surface area (Å²) in [6, 6.07) is 5.41. The number of benzene rings is 1. The van der Waals surface area contributed by atoms with E-state index in [0.29, 0.717) is 10.7 Å². The molecule has 16 heavy (non-hydrogen) atoms. The van der Waals surface area contributed by atoms with Crippen molar-refractivity contribution in [3.8, 4) is 0 Å². The Morgan fingerprint density at radius 2 is 1.81 bits per heavy atom. The molecule has 1 aliphatic rings. The second-order valence-corrected chi connectivity index (χ2v) is 4.54. The second-order valence-electron chi connectivity index (χ2n) is 4.14. The van der Waals surface area contributed by atoms with Crippen molar-refractivity contribution < 1.29 is 0 Å². The Morgan fingerprint density at radius 3 is 2.38 bits per heavy atom. The van der Waals surface area contributed by atoms with Gasteiger partial charge in [-0.1, -0.05) is 24.4 Å². The van der Waals surface area contributed by atoms with E-state index in [-0.39, 0.29) is 0 Å². The molecule has 0 amide bonds. The topological polar surface area (TPSA) is 31.4 Å². The van der Waals surface area contributed by atoms with Gasteiger partial charge in [0.15, 0.2) is 4.98 Å². The Hall–Kier alpha value is -1.27. The number of nitrogens with zero attached hydrogens (tertiary/aromatic N) is 3. The summed E-state index contributed by atoms with van der Waals surface area (Å²) < 4.78 is 0. The van der Waals surface area contributed by atoms with E-state index < -0.39 is 0 Å². The Balaban J connectivity index is 2.22. The first kappa shape index (κ1) is 11.2. The summed E-state index contributed by atoms with van der Waals surface area (Å²) in [7, 11) is 0. The minimum atomic E-state index is 0.503. The molecule has 0 N–H and O–H groups in total. The average Bonchev–Trinajstić information content (AvgIpc) is 2.57. The minimum absolute atomic E-state index is 0.503. The molecular formula is C12H15ClN3+. The first-order valence-corrected chi connectivity index (χ1v) is 6.08. The fourth-order valence-corrected chi connectivity index (χ4v) is 2.42. The molecular weight excluding hydrogens is 222 g/mol. The standard InChI is InChI=1S/C12H15ClN3/c13-11-9-10(15-14)5-6-12(11)16-7-3-1-2-4-8-16/h5-6,9H,1-4,7-8H2/q+1. The Kier molecular flexibility index (Phi) is 3.63. The summed E-state index contributed by atoms with van der Waals surface area (Å²) in [6.45, 7) is 2.13. The lowest BCUT2D eigenvalue weighted by Crippen LogP contribution is -2.23. The minimum Gasteiger partial charge on any atom is -0.370 e. The van der Waals surface area contributed by atoms with Crippen LogP contribution in [-0.4, -0.2) is 13.1 Å². The highest BCUT2D eigenvalue weighted by molar-refractivity contribution is 6.33. The Bertz CT molecular complexity index is 403. The summed E-state index contributed by atoms with van der Waals surface area (Å²) in [5.74, 6) is 0. The molecule has 2 rings (SSSR count). The van der Waals surface area contributed by atoms with Gasteiger partial charge in [0.25, 0.3) is 0 Å². The summed E-state index contributed by atoms with van der Waals surface area (Å²) in [5.41, 5.74) is 1.56. The van der Waals surface area contributed by atoms with Gasteiger partial charge in [-0.25, -0.2) is 0 Å². The van der Waals surface area contributed by atoms with Gasteiger partial charge in [-0.15, -0.1) is 0 Å². The molecule has 0 aliphatic carbocycles. The maximum Gasteiger partial charge on any atom is 0.386 e. The van der Waals surface area contributed by atoms with Crippen molar-refractivity contribution in [2.45, 2.75) is 25.7 Å². The molecule has 4 heteroatoms. The highest BCUT2D eigenvalue weighted by atomic mass is 35.5. The van der Waals surface area contributed by atoms with E-state index in [0.717, 1.165) is 18.8 Å². The Labute approximate surface area is 101 Å². The van der Waals surface area contributed by atoms with Gasteiger partial charge in [0.05, 0.1) is 16.8 Å². The molecule has 1 aromatic rings. The third-order valence-electron chi connectivity index (χ3n) is 2.99. The van der Waals surface area contributed by atoms with Crippen LogP contribution in [-0.2, 0) is 0 Å². The van der Waals surface area contributed by atoms with Gasteiger partial charge in [0, 0.05) is 19.2 Å². The first-order valence-electron chi connectivity index (χ1n) is 5.71. The van der Waals surface area contributed by atoms with Crippen molar-refractivity contribution in [2.24, 2.45) is 0 Å². The molecule has 1 saturated heterocycles. The van der Waals surface area contributed by atoms with Crippen LogP contribution in [0.1, 0.15) is 25.7 Å². The third-order valence-corrected chi connectivity index (χ3v) is 3.30. The molecule has 3 nitrogen and oxygen atoms in total. The lowest BCUT2D eigenvalue weighted by Gasteiger charge is -2.23. The van der Waals surface area contributed by atoms with Crippen LogP contribution in [0.2, 0.25) is 5.02 Å². The molecule has 1 aromatic carbocycles. The van der Waals surface area contributed by atoms with Crippen LogP contribution in [0.3, 0.4) is 0 Å². The maximum absolute atomic E-state index is 8.66. The SMILES string of the molecule is N#[N+]c1ccc(N2CCCCCC2)c(Cl)c1. The van der Waals surface area contributed by atoms with E-state index in [1.54, 1.807) is 12.1 Å². The zero-order chi connectivity index (χ0) is 11.4. The van der Waals surface area contributed by atoms with Crippen LogP contribution in [0.25, 0.3) is 4.98 Å². The van der Waals surface area contributed by atoms with Crippen molar-refractivity contribution in [3.63, 3.8) is 0 Å². The van der Waals surface area contributed by atoms with E-state index in [4.69, 9.17) is 17.0 Å². The predicted octanol–water partition coefficient (Wildman–Crippen LogP) is 4.20. The number of anilines is 1. The van der Waals surface area contributed by atoms with Crippen molar-refractivity contribution in [2.75, 3.05) is 18.0 Å². The molecule has 0 unspecified atom stereocenters. The van der Waals surface area contributed by atoms with Crippen LogP contribution in [0, 0.1) is 5.39 Å². The molecule has 0 saturated carbocycles.